The van der Waals surface area contributed by atoms with Crippen LogP contribution in [-0.4, -0.2) is 34.3 Å². The lowest BCUT2D eigenvalue weighted by molar-refractivity contribution is 0.105. The predicted molar refractivity (Wildman–Crippen MR) is 68.0 cm³/mol. The van der Waals surface area contributed by atoms with Gasteiger partial charge in [-0.2, -0.15) is 0 Å². The molecule has 2 unspecified atom stereocenters. The Kier molecular flexibility index (Phi) is 4.11. The number of hydrogen-bond acceptors (Lipinski definition) is 4. The lowest BCUT2D eigenvalue weighted by atomic mass is 9.91. The molecule has 0 amide bonds. The van der Waals surface area contributed by atoms with Crippen molar-refractivity contribution in [1.82, 2.24) is 9.97 Å². The van der Waals surface area contributed by atoms with Crippen molar-refractivity contribution in [2.45, 2.75) is 51.2 Å². The minimum atomic E-state index is -0.400. The van der Waals surface area contributed by atoms with E-state index in [0.29, 0.717) is 17.9 Å². The van der Waals surface area contributed by atoms with Crippen LogP contribution in [0.1, 0.15) is 38.3 Å². The van der Waals surface area contributed by atoms with E-state index in [2.05, 4.69) is 9.97 Å². The van der Waals surface area contributed by atoms with Gasteiger partial charge < -0.3 is 10.0 Å². The predicted octanol–water partition coefficient (Wildman–Crippen LogP) is 1.92. The van der Waals surface area contributed by atoms with Gasteiger partial charge in [0.05, 0.1) is 17.8 Å². The molecular weight excluding hydrogens is 233 g/mol. The number of aryl methyl sites for hydroxylation is 1. The number of anilines is 1. The van der Waals surface area contributed by atoms with E-state index >= 15 is 0 Å². The van der Waals surface area contributed by atoms with E-state index in [4.69, 9.17) is 0 Å². The molecule has 1 N–H and O–H groups in total. The molecule has 0 radical (unpaired) electrons. The zero-order chi connectivity index (χ0) is 13.1. The molecular formula is C13H20FN3O. The van der Waals surface area contributed by atoms with Crippen LogP contribution in [0, 0.1) is 5.82 Å². The summed E-state index contributed by atoms with van der Waals surface area (Å²) in [5.41, 5.74) is 0.428. The van der Waals surface area contributed by atoms with Gasteiger partial charge in [0.1, 0.15) is 6.33 Å². The third kappa shape index (κ3) is 2.46. The lowest BCUT2D eigenvalue weighted by Crippen LogP contribution is -2.44. The minimum absolute atomic E-state index is 0.0483. The Hall–Kier alpha value is -1.23. The average Bonchev–Trinajstić information content (AvgIpc) is 2.39. The fraction of sp³-hybridized carbons (Fsp3) is 0.692. The van der Waals surface area contributed by atoms with Crippen molar-refractivity contribution >= 4 is 5.82 Å². The summed E-state index contributed by atoms with van der Waals surface area (Å²) >= 11 is 0. The molecule has 100 valence electrons. The fourth-order valence-corrected chi connectivity index (χ4v) is 2.59. The molecule has 0 saturated heterocycles. The summed E-state index contributed by atoms with van der Waals surface area (Å²) in [6, 6.07) is -0.0483. The molecule has 0 spiro atoms. The maximum Gasteiger partial charge on any atom is 0.187 e. The van der Waals surface area contributed by atoms with E-state index in [-0.39, 0.29) is 11.9 Å². The largest absolute Gasteiger partial charge is 0.391 e. The van der Waals surface area contributed by atoms with Crippen LogP contribution in [0.25, 0.3) is 0 Å². The molecule has 1 aliphatic rings. The first kappa shape index (κ1) is 13.2. The van der Waals surface area contributed by atoms with Crippen LogP contribution in [-0.2, 0) is 6.42 Å². The average molecular weight is 253 g/mol. The molecule has 0 aromatic carbocycles. The number of likely N-dealkylation sites (N-methyl/N-ethyl adjacent to an activating group) is 1. The molecule has 1 saturated carbocycles. The Balaban J connectivity index is 2.24. The highest BCUT2D eigenvalue weighted by atomic mass is 19.1. The van der Waals surface area contributed by atoms with Crippen molar-refractivity contribution in [3.05, 3.63) is 17.8 Å². The Morgan fingerprint density at radius 3 is 2.78 bits per heavy atom. The van der Waals surface area contributed by atoms with E-state index < -0.39 is 6.10 Å². The summed E-state index contributed by atoms with van der Waals surface area (Å²) in [5.74, 6) is -0.0620. The molecule has 1 aromatic heterocycles. The van der Waals surface area contributed by atoms with Crippen LogP contribution >= 0.6 is 0 Å². The highest BCUT2D eigenvalue weighted by Gasteiger charge is 2.29. The maximum atomic E-state index is 14.2. The molecule has 2 rings (SSSR count). The number of aromatic nitrogens is 2. The summed E-state index contributed by atoms with van der Waals surface area (Å²) in [6.45, 7) is 1.87. The summed E-state index contributed by atoms with van der Waals surface area (Å²) < 4.78 is 14.2. The minimum Gasteiger partial charge on any atom is -0.391 e. The van der Waals surface area contributed by atoms with E-state index in [1.54, 1.807) is 11.9 Å². The van der Waals surface area contributed by atoms with Crippen LogP contribution < -0.4 is 4.90 Å². The van der Waals surface area contributed by atoms with Crippen molar-refractivity contribution < 1.29 is 9.50 Å². The molecule has 1 aliphatic carbocycles. The summed E-state index contributed by atoms with van der Waals surface area (Å²) in [4.78, 5) is 9.72. The third-order valence-electron chi connectivity index (χ3n) is 3.70. The number of hydrogen-bond donors (Lipinski definition) is 1. The number of aliphatic hydroxyl groups is 1. The summed E-state index contributed by atoms with van der Waals surface area (Å²) in [5, 5.41) is 10.0. The molecule has 4 nitrogen and oxygen atoms in total. The summed E-state index contributed by atoms with van der Waals surface area (Å²) in [7, 11) is 1.80. The Morgan fingerprint density at radius 2 is 2.11 bits per heavy atom. The van der Waals surface area contributed by atoms with Gasteiger partial charge in [0.2, 0.25) is 0 Å². The standard InChI is InChI=1S/C13H20FN3O/c1-3-9-12(14)13(16-8-15-9)17(2)10-6-4-5-7-11(10)18/h8,10-11,18H,3-7H2,1-2H3. The highest BCUT2D eigenvalue weighted by molar-refractivity contribution is 5.41. The fourth-order valence-electron chi connectivity index (χ4n) is 2.59. The quantitative estimate of drug-likeness (QED) is 0.894. The third-order valence-corrected chi connectivity index (χ3v) is 3.70. The first-order valence-corrected chi connectivity index (χ1v) is 6.55. The Morgan fingerprint density at radius 1 is 1.39 bits per heavy atom. The normalized spacial score (nSPS) is 24.0. The topological polar surface area (TPSA) is 49.2 Å². The van der Waals surface area contributed by atoms with Crippen molar-refractivity contribution in [3.63, 3.8) is 0 Å². The number of rotatable bonds is 3. The number of aliphatic hydroxyl groups excluding tert-OH is 1. The van der Waals surface area contributed by atoms with Gasteiger partial charge in [-0.05, 0) is 19.3 Å². The smallest absolute Gasteiger partial charge is 0.187 e. The van der Waals surface area contributed by atoms with E-state index in [0.717, 1.165) is 25.7 Å². The molecule has 1 aromatic rings. The van der Waals surface area contributed by atoms with Gasteiger partial charge in [0, 0.05) is 7.05 Å². The molecule has 0 aliphatic heterocycles. The van der Waals surface area contributed by atoms with Gasteiger partial charge in [-0.15, -0.1) is 0 Å². The van der Waals surface area contributed by atoms with E-state index in [1.165, 1.54) is 6.33 Å². The number of nitrogens with zero attached hydrogens (tertiary/aromatic N) is 3. The highest BCUT2D eigenvalue weighted by Crippen LogP contribution is 2.27. The van der Waals surface area contributed by atoms with Crippen molar-refractivity contribution in [2.24, 2.45) is 0 Å². The number of halogens is 1. The maximum absolute atomic E-state index is 14.2. The van der Waals surface area contributed by atoms with Crippen LogP contribution in [0.5, 0.6) is 0 Å². The van der Waals surface area contributed by atoms with Crippen LogP contribution in [0.2, 0.25) is 0 Å². The van der Waals surface area contributed by atoms with Gasteiger partial charge >= 0.3 is 0 Å². The van der Waals surface area contributed by atoms with Gasteiger partial charge in [0.15, 0.2) is 11.6 Å². The summed E-state index contributed by atoms with van der Waals surface area (Å²) in [6.07, 6.45) is 5.30. The van der Waals surface area contributed by atoms with Crippen molar-refractivity contribution in [2.75, 3.05) is 11.9 Å². The SMILES string of the molecule is CCc1ncnc(N(C)C2CCCCC2O)c1F. The van der Waals surface area contributed by atoms with E-state index in [1.807, 2.05) is 6.92 Å². The van der Waals surface area contributed by atoms with Crippen LogP contribution in [0.3, 0.4) is 0 Å². The molecule has 2 atom stereocenters. The second kappa shape index (κ2) is 5.61. The molecule has 0 bridgehead atoms. The van der Waals surface area contributed by atoms with Crippen LogP contribution in [0.4, 0.5) is 10.2 Å². The zero-order valence-electron chi connectivity index (χ0n) is 10.9. The van der Waals surface area contributed by atoms with Crippen molar-refractivity contribution in [3.8, 4) is 0 Å². The first-order valence-electron chi connectivity index (χ1n) is 6.55. The zero-order valence-corrected chi connectivity index (χ0v) is 10.9. The van der Waals surface area contributed by atoms with Crippen molar-refractivity contribution in [1.29, 1.82) is 0 Å². The van der Waals surface area contributed by atoms with Gasteiger partial charge in [-0.25, -0.2) is 14.4 Å². The van der Waals surface area contributed by atoms with Gasteiger partial charge in [-0.3, -0.25) is 0 Å². The first-order chi connectivity index (χ1) is 8.65. The second-order valence-corrected chi connectivity index (χ2v) is 4.84. The lowest BCUT2D eigenvalue weighted by Gasteiger charge is -2.36. The second-order valence-electron chi connectivity index (χ2n) is 4.84. The monoisotopic (exact) mass is 253 g/mol. The molecule has 18 heavy (non-hydrogen) atoms. The Labute approximate surface area is 107 Å². The Bertz CT molecular complexity index is 413. The molecule has 1 heterocycles. The van der Waals surface area contributed by atoms with Gasteiger partial charge in [0.25, 0.3) is 0 Å². The molecule has 1 fully saturated rings. The molecule has 5 heteroatoms. The van der Waals surface area contributed by atoms with Gasteiger partial charge in [-0.1, -0.05) is 19.8 Å². The van der Waals surface area contributed by atoms with E-state index in [9.17, 15) is 9.50 Å². The van der Waals surface area contributed by atoms with Crippen LogP contribution in [0.15, 0.2) is 6.33 Å².